The highest BCUT2D eigenvalue weighted by Gasteiger charge is 2.19. The quantitative estimate of drug-likeness (QED) is 0.828. The number of sulfonamides is 1. The summed E-state index contributed by atoms with van der Waals surface area (Å²) in [5, 5.41) is 0.560. The van der Waals surface area contributed by atoms with Crippen LogP contribution in [0.4, 0.5) is 15.8 Å². The Balaban J connectivity index is 2.45. The number of anilines is 2. The number of halogens is 3. The largest absolute Gasteiger partial charge is 0.398 e. The Bertz CT molecular complexity index is 810. The van der Waals surface area contributed by atoms with Gasteiger partial charge < -0.3 is 5.73 Å². The van der Waals surface area contributed by atoms with E-state index >= 15 is 0 Å². The molecule has 0 unspecified atom stereocenters. The van der Waals surface area contributed by atoms with Crippen LogP contribution in [0.1, 0.15) is 5.56 Å². The topological polar surface area (TPSA) is 72.2 Å². The molecule has 21 heavy (non-hydrogen) atoms. The molecule has 0 aromatic heterocycles. The molecule has 0 radical (unpaired) electrons. The lowest BCUT2D eigenvalue weighted by molar-refractivity contribution is 0.600. The summed E-state index contributed by atoms with van der Waals surface area (Å²) in [7, 11) is -4.00. The first-order valence-electron chi connectivity index (χ1n) is 5.74. The summed E-state index contributed by atoms with van der Waals surface area (Å²) in [5.41, 5.74) is 6.17. The minimum absolute atomic E-state index is 0.121. The van der Waals surface area contributed by atoms with Crippen LogP contribution in [0.2, 0.25) is 10.0 Å². The Morgan fingerprint density at radius 2 is 1.81 bits per heavy atom. The Morgan fingerprint density at radius 3 is 2.43 bits per heavy atom. The van der Waals surface area contributed by atoms with Crippen LogP contribution in [0.3, 0.4) is 0 Å². The summed E-state index contributed by atoms with van der Waals surface area (Å²) >= 11 is 11.9. The summed E-state index contributed by atoms with van der Waals surface area (Å²) in [6, 6.07) is 5.95. The predicted molar refractivity (Wildman–Crippen MR) is 82.8 cm³/mol. The van der Waals surface area contributed by atoms with Crippen molar-refractivity contribution >= 4 is 44.6 Å². The number of nitrogen functional groups attached to an aromatic ring is 1. The molecule has 0 aliphatic heterocycles. The molecular weight excluding hydrogens is 338 g/mol. The average molecular weight is 349 g/mol. The minimum Gasteiger partial charge on any atom is -0.398 e. The van der Waals surface area contributed by atoms with E-state index in [2.05, 4.69) is 4.72 Å². The molecule has 0 atom stereocenters. The normalized spacial score (nSPS) is 11.4. The molecule has 3 N–H and O–H groups in total. The summed E-state index contributed by atoms with van der Waals surface area (Å²) in [5.74, 6) is -0.622. The van der Waals surface area contributed by atoms with E-state index in [1.165, 1.54) is 12.1 Å². The van der Waals surface area contributed by atoms with Crippen LogP contribution in [0.25, 0.3) is 0 Å². The molecule has 0 amide bonds. The van der Waals surface area contributed by atoms with E-state index in [-0.39, 0.29) is 21.3 Å². The molecule has 0 bridgehead atoms. The summed E-state index contributed by atoms with van der Waals surface area (Å²) < 4.78 is 39.8. The van der Waals surface area contributed by atoms with Gasteiger partial charge in [0.05, 0.1) is 16.4 Å². The summed E-state index contributed by atoms with van der Waals surface area (Å²) in [6.07, 6.45) is 0. The van der Waals surface area contributed by atoms with Gasteiger partial charge in [-0.3, -0.25) is 4.72 Å². The molecule has 2 aromatic rings. The van der Waals surface area contributed by atoms with Gasteiger partial charge in [0, 0.05) is 5.02 Å². The van der Waals surface area contributed by atoms with Gasteiger partial charge in [0.15, 0.2) is 0 Å². The molecule has 0 aliphatic rings. The van der Waals surface area contributed by atoms with Crippen LogP contribution >= 0.6 is 23.2 Å². The van der Waals surface area contributed by atoms with Crippen molar-refractivity contribution in [3.8, 4) is 0 Å². The third kappa shape index (κ3) is 3.40. The number of aryl methyl sites for hydroxylation is 1. The predicted octanol–water partition coefficient (Wildman–Crippen LogP) is 3.82. The third-order valence-corrected chi connectivity index (χ3v) is 4.91. The minimum atomic E-state index is -4.00. The maximum atomic E-state index is 13.0. The Kier molecular flexibility index (Phi) is 4.32. The Hall–Kier alpha value is -1.50. The van der Waals surface area contributed by atoms with Crippen molar-refractivity contribution < 1.29 is 12.8 Å². The average Bonchev–Trinajstić information content (AvgIpc) is 2.35. The smallest absolute Gasteiger partial charge is 0.263 e. The highest BCUT2D eigenvalue weighted by molar-refractivity contribution is 7.92. The molecule has 4 nitrogen and oxygen atoms in total. The van der Waals surface area contributed by atoms with Crippen molar-refractivity contribution in [3.63, 3.8) is 0 Å². The molecule has 2 aromatic carbocycles. The zero-order valence-electron chi connectivity index (χ0n) is 10.8. The Labute approximate surface area is 131 Å². The molecule has 0 fully saturated rings. The first kappa shape index (κ1) is 15.9. The van der Waals surface area contributed by atoms with Gasteiger partial charge in [0.25, 0.3) is 10.0 Å². The van der Waals surface area contributed by atoms with Gasteiger partial charge in [0.2, 0.25) is 0 Å². The number of hydrogen-bond acceptors (Lipinski definition) is 3. The lowest BCUT2D eigenvalue weighted by Crippen LogP contribution is -2.15. The van der Waals surface area contributed by atoms with Crippen LogP contribution in [0.15, 0.2) is 35.2 Å². The number of nitrogens with two attached hydrogens (primary N) is 1. The van der Waals surface area contributed by atoms with Gasteiger partial charge in [0.1, 0.15) is 10.7 Å². The van der Waals surface area contributed by atoms with Crippen LogP contribution in [-0.2, 0) is 10.0 Å². The van der Waals surface area contributed by atoms with E-state index in [1.54, 1.807) is 6.92 Å². The molecule has 0 saturated carbocycles. The zero-order valence-corrected chi connectivity index (χ0v) is 13.2. The van der Waals surface area contributed by atoms with E-state index in [1.807, 2.05) is 0 Å². The van der Waals surface area contributed by atoms with Crippen LogP contribution in [0, 0.1) is 12.7 Å². The van der Waals surface area contributed by atoms with E-state index in [0.29, 0.717) is 10.6 Å². The second-order valence-electron chi connectivity index (χ2n) is 4.37. The lowest BCUT2D eigenvalue weighted by atomic mass is 10.2. The van der Waals surface area contributed by atoms with Gasteiger partial charge in [-0.2, -0.15) is 0 Å². The van der Waals surface area contributed by atoms with Crippen LogP contribution < -0.4 is 10.5 Å². The van der Waals surface area contributed by atoms with Crippen molar-refractivity contribution in [2.75, 3.05) is 10.5 Å². The highest BCUT2D eigenvalue weighted by atomic mass is 35.5. The van der Waals surface area contributed by atoms with Crippen molar-refractivity contribution in [1.82, 2.24) is 0 Å². The zero-order chi connectivity index (χ0) is 15.8. The van der Waals surface area contributed by atoms with E-state index in [4.69, 9.17) is 28.9 Å². The first-order valence-corrected chi connectivity index (χ1v) is 7.98. The first-order chi connectivity index (χ1) is 9.70. The molecule has 0 saturated heterocycles. The molecule has 112 valence electrons. The second-order valence-corrected chi connectivity index (χ2v) is 6.83. The standard InChI is InChI=1S/C13H11Cl2FN2O2S/c1-7-4-10(15)12(6-9(7)14)18-21(19,20)13-3-2-8(16)5-11(13)17/h2-6,18H,17H2,1H3. The van der Waals surface area contributed by atoms with E-state index < -0.39 is 15.8 Å². The number of hydrogen-bond donors (Lipinski definition) is 2. The number of rotatable bonds is 3. The van der Waals surface area contributed by atoms with Crippen molar-refractivity contribution in [1.29, 1.82) is 0 Å². The van der Waals surface area contributed by atoms with E-state index in [0.717, 1.165) is 18.2 Å². The summed E-state index contributed by atoms with van der Waals surface area (Å²) in [6.45, 7) is 1.74. The number of nitrogens with one attached hydrogen (secondary N) is 1. The molecule has 0 heterocycles. The molecule has 2 rings (SSSR count). The van der Waals surface area contributed by atoms with Gasteiger partial charge in [-0.05, 0) is 42.8 Å². The fourth-order valence-corrected chi connectivity index (χ4v) is 3.36. The number of benzene rings is 2. The van der Waals surface area contributed by atoms with Gasteiger partial charge >= 0.3 is 0 Å². The highest BCUT2D eigenvalue weighted by Crippen LogP contribution is 2.31. The SMILES string of the molecule is Cc1cc(Cl)c(NS(=O)(=O)c2ccc(F)cc2N)cc1Cl. The second kappa shape index (κ2) is 5.71. The molecule has 0 aliphatic carbocycles. The van der Waals surface area contributed by atoms with E-state index in [9.17, 15) is 12.8 Å². The van der Waals surface area contributed by atoms with Crippen molar-refractivity contribution in [2.24, 2.45) is 0 Å². The maximum absolute atomic E-state index is 13.0. The fourth-order valence-electron chi connectivity index (χ4n) is 1.69. The molecular formula is C13H11Cl2FN2O2S. The van der Waals surface area contributed by atoms with Crippen LogP contribution in [-0.4, -0.2) is 8.42 Å². The van der Waals surface area contributed by atoms with Crippen molar-refractivity contribution in [2.45, 2.75) is 11.8 Å². The maximum Gasteiger partial charge on any atom is 0.263 e. The monoisotopic (exact) mass is 348 g/mol. The lowest BCUT2D eigenvalue weighted by Gasteiger charge is -2.12. The summed E-state index contributed by atoms with van der Waals surface area (Å²) in [4.78, 5) is -0.239. The van der Waals surface area contributed by atoms with Crippen molar-refractivity contribution in [3.05, 3.63) is 51.8 Å². The van der Waals surface area contributed by atoms with Crippen LogP contribution in [0.5, 0.6) is 0 Å². The fraction of sp³-hybridized carbons (Fsp3) is 0.0769. The third-order valence-electron chi connectivity index (χ3n) is 2.75. The Morgan fingerprint density at radius 1 is 1.14 bits per heavy atom. The molecule has 0 spiro atoms. The molecule has 8 heteroatoms. The van der Waals surface area contributed by atoms with Gasteiger partial charge in [-0.25, -0.2) is 12.8 Å². The van der Waals surface area contributed by atoms with Gasteiger partial charge in [-0.1, -0.05) is 23.2 Å². The van der Waals surface area contributed by atoms with Gasteiger partial charge in [-0.15, -0.1) is 0 Å².